The number of carbonyl (C=O) groups is 3. The summed E-state index contributed by atoms with van der Waals surface area (Å²) in [7, 11) is -1.32. The van der Waals surface area contributed by atoms with E-state index in [9.17, 15) is 14.4 Å². The summed E-state index contributed by atoms with van der Waals surface area (Å²) in [6, 6.07) is -0.178. The third-order valence-electron chi connectivity index (χ3n) is 4.08. The van der Waals surface area contributed by atoms with Crippen molar-refractivity contribution in [3.63, 3.8) is 0 Å². The summed E-state index contributed by atoms with van der Waals surface area (Å²) in [5.41, 5.74) is -0.641. The number of amides is 2. The fraction of sp³-hybridized carbons (Fsp3) is 0.842. The van der Waals surface area contributed by atoms with E-state index in [1.54, 1.807) is 20.8 Å². The minimum absolute atomic E-state index is 0.190. The van der Waals surface area contributed by atoms with Crippen LogP contribution in [0.2, 0.25) is 25.7 Å². The van der Waals surface area contributed by atoms with Gasteiger partial charge in [-0.3, -0.25) is 4.79 Å². The Kier molecular flexibility index (Phi) is 7.89. The van der Waals surface area contributed by atoms with Gasteiger partial charge >= 0.3 is 12.1 Å². The molecule has 0 saturated carbocycles. The van der Waals surface area contributed by atoms with Crippen LogP contribution in [0, 0.1) is 5.92 Å². The number of ether oxygens (including phenoxy) is 2. The smallest absolute Gasteiger partial charge is 0.408 e. The molecule has 8 heteroatoms. The van der Waals surface area contributed by atoms with Crippen LogP contribution in [0.3, 0.4) is 0 Å². The summed E-state index contributed by atoms with van der Waals surface area (Å²) >= 11 is 0. The minimum Gasteiger partial charge on any atom is -0.458 e. The van der Waals surface area contributed by atoms with Crippen LogP contribution in [0.4, 0.5) is 4.79 Å². The maximum absolute atomic E-state index is 12.8. The molecular weight excluding hydrogens is 364 g/mol. The number of hydrogen-bond donors (Lipinski definition) is 2. The van der Waals surface area contributed by atoms with Crippen molar-refractivity contribution in [1.29, 1.82) is 0 Å². The zero-order valence-corrected chi connectivity index (χ0v) is 19.0. The highest BCUT2D eigenvalue weighted by atomic mass is 28.3. The van der Waals surface area contributed by atoms with Gasteiger partial charge in [-0.2, -0.15) is 0 Å². The molecule has 0 aromatic carbocycles. The first-order valence-electron chi connectivity index (χ1n) is 9.68. The van der Waals surface area contributed by atoms with E-state index in [2.05, 4.69) is 30.3 Å². The molecular formula is C19H36N2O5Si. The van der Waals surface area contributed by atoms with Crippen LogP contribution >= 0.6 is 0 Å². The summed E-state index contributed by atoms with van der Waals surface area (Å²) in [5, 5.41) is 5.46. The van der Waals surface area contributed by atoms with Gasteiger partial charge in [0.1, 0.15) is 11.6 Å². The van der Waals surface area contributed by atoms with Crippen LogP contribution in [-0.4, -0.2) is 49.8 Å². The SMILES string of the molecule is CC(C)C[C@H](NC(=O)[C@H]1OC(=O)N[C@@H]1CC[Si](C)(C)C)C(=O)OC(C)(C)C. The summed E-state index contributed by atoms with van der Waals surface area (Å²) in [6.45, 7) is 16.0. The van der Waals surface area contributed by atoms with Gasteiger partial charge in [-0.05, 0) is 39.5 Å². The molecule has 1 rings (SSSR count). The van der Waals surface area contributed by atoms with E-state index in [0.29, 0.717) is 12.8 Å². The highest BCUT2D eigenvalue weighted by Crippen LogP contribution is 2.20. The van der Waals surface area contributed by atoms with E-state index in [1.807, 2.05) is 13.8 Å². The topological polar surface area (TPSA) is 93.7 Å². The highest BCUT2D eigenvalue weighted by Gasteiger charge is 2.41. The molecule has 0 aromatic rings. The van der Waals surface area contributed by atoms with Gasteiger partial charge in [0.05, 0.1) is 6.04 Å². The lowest BCUT2D eigenvalue weighted by atomic mass is 10.0. The van der Waals surface area contributed by atoms with Crippen LogP contribution in [0.1, 0.15) is 47.5 Å². The quantitative estimate of drug-likeness (QED) is 0.482. The van der Waals surface area contributed by atoms with Crippen molar-refractivity contribution in [3.8, 4) is 0 Å². The Labute approximate surface area is 163 Å². The Bertz CT molecular complexity index is 551. The lowest BCUT2D eigenvalue weighted by Gasteiger charge is -2.27. The summed E-state index contributed by atoms with van der Waals surface area (Å²) in [5.74, 6) is -0.735. The Morgan fingerprint density at radius 2 is 1.85 bits per heavy atom. The van der Waals surface area contributed by atoms with Crippen molar-refractivity contribution in [1.82, 2.24) is 10.6 Å². The average molecular weight is 401 g/mol. The third-order valence-corrected chi connectivity index (χ3v) is 5.87. The van der Waals surface area contributed by atoms with Gasteiger partial charge in [0.2, 0.25) is 6.10 Å². The van der Waals surface area contributed by atoms with E-state index in [-0.39, 0.29) is 12.0 Å². The third kappa shape index (κ3) is 8.77. The van der Waals surface area contributed by atoms with Gasteiger partial charge in [-0.15, -0.1) is 0 Å². The molecule has 0 spiro atoms. The van der Waals surface area contributed by atoms with Crippen LogP contribution < -0.4 is 10.6 Å². The number of alkyl carbamates (subject to hydrolysis) is 1. The van der Waals surface area contributed by atoms with Gasteiger partial charge in [0, 0.05) is 8.07 Å². The molecule has 0 radical (unpaired) electrons. The van der Waals surface area contributed by atoms with E-state index in [1.165, 1.54) is 0 Å². The normalized spacial score (nSPS) is 21.4. The molecule has 0 bridgehead atoms. The second kappa shape index (κ2) is 9.08. The molecule has 1 aliphatic heterocycles. The molecule has 0 unspecified atom stereocenters. The number of rotatable bonds is 8. The predicted octanol–water partition coefficient (Wildman–Crippen LogP) is 3.06. The largest absolute Gasteiger partial charge is 0.458 e. The number of nitrogens with one attached hydrogen (secondary N) is 2. The first-order valence-corrected chi connectivity index (χ1v) is 13.4. The van der Waals surface area contributed by atoms with Gasteiger partial charge in [0.15, 0.2) is 0 Å². The maximum Gasteiger partial charge on any atom is 0.408 e. The highest BCUT2D eigenvalue weighted by molar-refractivity contribution is 6.76. The predicted molar refractivity (Wildman–Crippen MR) is 107 cm³/mol. The maximum atomic E-state index is 12.8. The molecule has 1 fully saturated rings. The monoisotopic (exact) mass is 400 g/mol. The first kappa shape index (κ1) is 23.5. The van der Waals surface area contributed by atoms with Crippen LogP contribution in [0.15, 0.2) is 0 Å². The fourth-order valence-corrected chi connectivity index (χ4v) is 4.00. The Morgan fingerprint density at radius 1 is 1.26 bits per heavy atom. The molecule has 156 valence electrons. The van der Waals surface area contributed by atoms with Crippen molar-refractivity contribution in [2.75, 3.05) is 0 Å². The minimum atomic E-state index is -1.32. The van der Waals surface area contributed by atoms with E-state index in [4.69, 9.17) is 9.47 Å². The van der Waals surface area contributed by atoms with Crippen molar-refractivity contribution < 1.29 is 23.9 Å². The van der Waals surface area contributed by atoms with Gasteiger partial charge in [-0.1, -0.05) is 39.5 Å². The molecule has 1 aliphatic rings. The van der Waals surface area contributed by atoms with Gasteiger partial charge in [0.25, 0.3) is 5.91 Å². The lowest BCUT2D eigenvalue weighted by Crippen LogP contribution is -2.51. The van der Waals surface area contributed by atoms with Crippen molar-refractivity contribution in [3.05, 3.63) is 0 Å². The molecule has 1 saturated heterocycles. The molecule has 0 aromatic heterocycles. The Hall–Kier alpha value is -1.57. The second-order valence-corrected chi connectivity index (χ2v) is 15.5. The molecule has 27 heavy (non-hydrogen) atoms. The van der Waals surface area contributed by atoms with Gasteiger partial charge in [-0.25, -0.2) is 9.59 Å². The first-order chi connectivity index (χ1) is 12.2. The molecule has 7 nitrogen and oxygen atoms in total. The average Bonchev–Trinajstić information content (AvgIpc) is 2.82. The number of carbonyl (C=O) groups excluding carboxylic acids is 3. The number of esters is 1. The lowest BCUT2D eigenvalue weighted by molar-refractivity contribution is -0.159. The van der Waals surface area contributed by atoms with Crippen LogP contribution in [-0.2, 0) is 19.1 Å². The fourth-order valence-electron chi connectivity index (χ4n) is 2.82. The molecule has 0 aliphatic carbocycles. The zero-order valence-electron chi connectivity index (χ0n) is 18.0. The number of cyclic esters (lactones) is 1. The van der Waals surface area contributed by atoms with Gasteiger partial charge < -0.3 is 20.1 Å². The Balaban J connectivity index is 2.82. The zero-order chi connectivity index (χ0) is 21.0. The van der Waals surface area contributed by atoms with Crippen LogP contribution in [0.5, 0.6) is 0 Å². The summed E-state index contributed by atoms with van der Waals surface area (Å²) in [4.78, 5) is 36.9. The van der Waals surface area contributed by atoms with Crippen molar-refractivity contribution >= 4 is 26.0 Å². The van der Waals surface area contributed by atoms with E-state index < -0.39 is 43.8 Å². The Morgan fingerprint density at radius 3 is 2.33 bits per heavy atom. The molecule has 2 amide bonds. The van der Waals surface area contributed by atoms with E-state index in [0.717, 1.165) is 6.04 Å². The van der Waals surface area contributed by atoms with Crippen LogP contribution in [0.25, 0.3) is 0 Å². The second-order valence-electron chi connectivity index (χ2n) is 9.90. The summed E-state index contributed by atoms with van der Waals surface area (Å²) in [6.07, 6.45) is -0.380. The van der Waals surface area contributed by atoms with Crippen molar-refractivity contribution in [2.45, 2.75) is 96.9 Å². The standard InChI is InChI=1S/C19H36N2O5Si/c1-12(2)11-14(17(23)26-19(3,4)5)20-16(22)15-13(21-18(24)25-15)9-10-27(6,7)8/h12-15H,9-11H2,1-8H3,(H,20,22)(H,21,24)/t13-,14+,15+/m1/s1. The van der Waals surface area contributed by atoms with E-state index >= 15 is 0 Å². The van der Waals surface area contributed by atoms with Crippen molar-refractivity contribution in [2.24, 2.45) is 5.92 Å². The summed E-state index contributed by atoms with van der Waals surface area (Å²) < 4.78 is 10.6. The molecule has 3 atom stereocenters. The number of hydrogen-bond acceptors (Lipinski definition) is 5. The molecule has 2 N–H and O–H groups in total. The molecule has 1 heterocycles.